The molecule has 3 rings (SSSR count). The topological polar surface area (TPSA) is 21.3 Å². The Balaban J connectivity index is 1.58. The van der Waals surface area contributed by atoms with Crippen molar-refractivity contribution in [2.45, 2.75) is 63.6 Å². The predicted molar refractivity (Wildman–Crippen MR) is 87.2 cm³/mol. The van der Waals surface area contributed by atoms with Gasteiger partial charge in [0.25, 0.3) is 0 Å². The predicted octanol–water partition coefficient (Wildman–Crippen LogP) is 5.19. The molecule has 116 valence electrons. The fraction of sp³-hybridized carbons (Fsp3) is 0.647. The molecule has 0 amide bonds. The van der Waals surface area contributed by atoms with Crippen molar-refractivity contribution in [2.24, 2.45) is 0 Å². The largest absolute Gasteiger partial charge is 0.382 e. The highest BCUT2D eigenvalue weighted by Gasteiger charge is 2.40. The van der Waals surface area contributed by atoms with E-state index in [1.807, 2.05) is 13.0 Å². The fourth-order valence-corrected chi connectivity index (χ4v) is 4.01. The smallest absolute Gasteiger partial charge is 0.137 e. The molecule has 1 aromatic rings. The molecule has 1 heterocycles. The zero-order chi connectivity index (χ0) is 14.9. The Kier molecular flexibility index (Phi) is 4.55. The monoisotopic (exact) mass is 355 g/mol. The molecule has 21 heavy (non-hydrogen) atoms. The first-order chi connectivity index (χ1) is 10.1. The molecule has 1 aliphatic heterocycles. The van der Waals surface area contributed by atoms with Crippen molar-refractivity contribution in [1.29, 1.82) is 0 Å². The second kappa shape index (κ2) is 6.25. The molecule has 2 fully saturated rings. The number of anilines is 1. The minimum Gasteiger partial charge on any atom is -0.382 e. The van der Waals surface area contributed by atoms with Crippen molar-refractivity contribution in [3.63, 3.8) is 0 Å². The molecule has 1 saturated heterocycles. The Labute approximate surface area is 134 Å². The molecule has 2 nitrogen and oxygen atoms in total. The van der Waals surface area contributed by atoms with Gasteiger partial charge in [-0.15, -0.1) is 0 Å². The summed E-state index contributed by atoms with van der Waals surface area (Å²) in [6.45, 7) is 2.73. The minimum atomic E-state index is -0.212. The third-order valence-corrected chi connectivity index (χ3v) is 5.50. The van der Waals surface area contributed by atoms with E-state index < -0.39 is 0 Å². The van der Waals surface area contributed by atoms with Gasteiger partial charge in [-0.1, -0.05) is 19.3 Å². The van der Waals surface area contributed by atoms with Crippen LogP contribution in [0.5, 0.6) is 0 Å². The lowest BCUT2D eigenvalue weighted by molar-refractivity contribution is -0.0588. The number of halogens is 2. The summed E-state index contributed by atoms with van der Waals surface area (Å²) in [5, 5.41) is 3.42. The molecule has 2 aliphatic rings. The van der Waals surface area contributed by atoms with Gasteiger partial charge in [-0.3, -0.25) is 0 Å². The highest BCUT2D eigenvalue weighted by molar-refractivity contribution is 9.10. The third-order valence-electron chi connectivity index (χ3n) is 4.89. The summed E-state index contributed by atoms with van der Waals surface area (Å²) in [4.78, 5) is 0. The summed E-state index contributed by atoms with van der Waals surface area (Å²) >= 11 is 3.24. The second-order valence-corrected chi connectivity index (χ2v) is 7.34. The molecule has 0 aromatic heterocycles. The van der Waals surface area contributed by atoms with Gasteiger partial charge in [0.05, 0.1) is 16.2 Å². The molecule has 1 saturated carbocycles. The third kappa shape index (κ3) is 3.42. The normalized spacial score (nSPS) is 24.4. The maximum absolute atomic E-state index is 13.4. The van der Waals surface area contributed by atoms with Gasteiger partial charge in [0.2, 0.25) is 0 Å². The van der Waals surface area contributed by atoms with Crippen molar-refractivity contribution in [3.8, 4) is 0 Å². The van der Waals surface area contributed by atoms with Crippen molar-refractivity contribution < 1.29 is 9.13 Å². The van der Waals surface area contributed by atoms with Crippen molar-refractivity contribution >= 4 is 21.6 Å². The van der Waals surface area contributed by atoms with Crippen LogP contribution in [0.1, 0.15) is 50.5 Å². The summed E-state index contributed by atoms with van der Waals surface area (Å²) in [6.07, 6.45) is 9.05. The Morgan fingerprint density at radius 2 is 2.05 bits per heavy atom. The average Bonchev–Trinajstić information content (AvgIpc) is 2.85. The number of ether oxygens (including phenoxy) is 1. The minimum absolute atomic E-state index is 0.170. The van der Waals surface area contributed by atoms with Crippen LogP contribution in [-0.2, 0) is 4.74 Å². The van der Waals surface area contributed by atoms with E-state index in [1.54, 1.807) is 6.07 Å². The van der Waals surface area contributed by atoms with Gasteiger partial charge in [-0.25, -0.2) is 4.39 Å². The van der Waals surface area contributed by atoms with Crippen LogP contribution in [0, 0.1) is 12.7 Å². The number of benzene rings is 1. The van der Waals surface area contributed by atoms with Gasteiger partial charge in [-0.2, -0.15) is 0 Å². The number of hydrogen-bond acceptors (Lipinski definition) is 2. The van der Waals surface area contributed by atoms with E-state index in [0.29, 0.717) is 4.47 Å². The van der Waals surface area contributed by atoms with Crippen molar-refractivity contribution in [2.75, 3.05) is 11.9 Å². The first kappa shape index (κ1) is 15.3. The Bertz CT molecular complexity index is 514. The van der Waals surface area contributed by atoms with Gasteiger partial charge in [0.15, 0.2) is 0 Å². The molecule has 1 spiro atoms. The van der Waals surface area contributed by atoms with Crippen LogP contribution in [0.3, 0.4) is 0 Å². The standard InChI is InChI=1S/C17H23BrFNO/c1-12-9-15(19)14(18)10-16(12)20-11-13-5-8-17(21-13)6-3-2-4-7-17/h9-10,13,20H,2-8,11H2,1H3. The first-order valence-corrected chi connectivity index (χ1v) is 8.75. The Morgan fingerprint density at radius 3 is 2.81 bits per heavy atom. The van der Waals surface area contributed by atoms with E-state index in [2.05, 4.69) is 21.2 Å². The molecule has 0 radical (unpaired) electrons. The maximum atomic E-state index is 13.4. The van der Waals surface area contributed by atoms with Crippen LogP contribution in [0.15, 0.2) is 16.6 Å². The SMILES string of the molecule is Cc1cc(F)c(Br)cc1NCC1CCC2(CCCCC2)O1. The summed E-state index contributed by atoms with van der Waals surface area (Å²) in [7, 11) is 0. The summed E-state index contributed by atoms with van der Waals surface area (Å²) in [5.41, 5.74) is 2.08. The Morgan fingerprint density at radius 1 is 1.29 bits per heavy atom. The van der Waals surface area contributed by atoms with E-state index in [0.717, 1.165) is 24.2 Å². The molecular weight excluding hydrogens is 333 g/mol. The van der Waals surface area contributed by atoms with E-state index in [4.69, 9.17) is 4.74 Å². The van der Waals surface area contributed by atoms with E-state index in [9.17, 15) is 4.39 Å². The zero-order valence-electron chi connectivity index (χ0n) is 12.6. The molecule has 4 heteroatoms. The van der Waals surface area contributed by atoms with Crippen molar-refractivity contribution in [3.05, 3.63) is 28.0 Å². The first-order valence-electron chi connectivity index (χ1n) is 7.95. The maximum Gasteiger partial charge on any atom is 0.137 e. The van der Waals surface area contributed by atoms with Gasteiger partial charge in [0, 0.05) is 12.2 Å². The van der Waals surface area contributed by atoms with Gasteiger partial charge < -0.3 is 10.1 Å². The summed E-state index contributed by atoms with van der Waals surface area (Å²) in [6, 6.07) is 3.38. The zero-order valence-corrected chi connectivity index (χ0v) is 14.1. The van der Waals surface area contributed by atoms with E-state index >= 15 is 0 Å². The van der Waals surface area contributed by atoms with Gasteiger partial charge >= 0.3 is 0 Å². The van der Waals surface area contributed by atoms with E-state index in [1.165, 1.54) is 38.5 Å². The molecule has 1 aliphatic carbocycles. The van der Waals surface area contributed by atoms with Crippen molar-refractivity contribution in [1.82, 2.24) is 0 Å². The lowest BCUT2D eigenvalue weighted by Crippen LogP contribution is -2.33. The number of nitrogens with one attached hydrogen (secondary N) is 1. The van der Waals surface area contributed by atoms with Crippen LogP contribution < -0.4 is 5.32 Å². The quantitative estimate of drug-likeness (QED) is 0.805. The van der Waals surface area contributed by atoms with Crippen LogP contribution >= 0.6 is 15.9 Å². The van der Waals surface area contributed by atoms with Gasteiger partial charge in [-0.05, 0) is 66.2 Å². The second-order valence-electron chi connectivity index (χ2n) is 6.48. The molecule has 0 bridgehead atoms. The Hall–Kier alpha value is -0.610. The molecule has 1 N–H and O–H groups in total. The number of hydrogen-bond donors (Lipinski definition) is 1. The lowest BCUT2D eigenvalue weighted by Gasteiger charge is -2.33. The number of aryl methyl sites for hydroxylation is 1. The average molecular weight is 356 g/mol. The molecule has 1 atom stereocenters. The number of rotatable bonds is 3. The lowest BCUT2D eigenvalue weighted by atomic mass is 9.83. The van der Waals surface area contributed by atoms with Crippen LogP contribution in [0.2, 0.25) is 0 Å². The molecular formula is C17H23BrFNO. The van der Waals surface area contributed by atoms with Crippen LogP contribution in [0.25, 0.3) is 0 Å². The highest BCUT2D eigenvalue weighted by Crippen LogP contribution is 2.41. The van der Waals surface area contributed by atoms with Crippen LogP contribution in [-0.4, -0.2) is 18.2 Å². The summed E-state index contributed by atoms with van der Waals surface area (Å²) in [5.74, 6) is -0.212. The molecule has 1 aromatic carbocycles. The van der Waals surface area contributed by atoms with E-state index in [-0.39, 0.29) is 17.5 Å². The summed E-state index contributed by atoms with van der Waals surface area (Å²) < 4.78 is 20.3. The fourth-order valence-electron chi connectivity index (χ4n) is 3.66. The molecule has 1 unspecified atom stereocenters. The highest BCUT2D eigenvalue weighted by atomic mass is 79.9. The van der Waals surface area contributed by atoms with Crippen LogP contribution in [0.4, 0.5) is 10.1 Å². The van der Waals surface area contributed by atoms with Gasteiger partial charge in [0.1, 0.15) is 5.82 Å².